The van der Waals surface area contributed by atoms with Crippen LogP contribution >= 0.6 is 11.8 Å². The first-order valence-corrected chi connectivity index (χ1v) is 6.79. The fourth-order valence-electron chi connectivity index (χ4n) is 1.33. The van der Waals surface area contributed by atoms with Crippen LogP contribution in [-0.4, -0.2) is 29.4 Å². The summed E-state index contributed by atoms with van der Waals surface area (Å²) in [5.41, 5.74) is 0. The molecule has 4 heteroatoms. The molecule has 17 heavy (non-hydrogen) atoms. The lowest BCUT2D eigenvalue weighted by Crippen LogP contribution is -2.34. The Kier molecular flexibility index (Phi) is 6.74. The van der Waals surface area contributed by atoms with E-state index in [-0.39, 0.29) is 18.6 Å². The summed E-state index contributed by atoms with van der Waals surface area (Å²) in [7, 11) is 0. The van der Waals surface area contributed by atoms with Crippen LogP contribution in [0.5, 0.6) is 0 Å². The van der Waals surface area contributed by atoms with Gasteiger partial charge in [0.25, 0.3) is 0 Å². The number of aliphatic hydroxyl groups excluding tert-OH is 1. The molecule has 1 rings (SSSR count). The summed E-state index contributed by atoms with van der Waals surface area (Å²) >= 11 is 1.76. The molecule has 0 spiro atoms. The normalized spacial score (nSPS) is 12.1. The molecule has 0 bridgehead atoms. The molecule has 1 amide bonds. The SMILES string of the molecule is C[C@@H](CO)NC(=O)CCCSc1ccccc1. The molecule has 0 radical (unpaired) electrons. The van der Waals surface area contributed by atoms with E-state index in [1.807, 2.05) is 18.2 Å². The van der Waals surface area contributed by atoms with Gasteiger partial charge in [0.05, 0.1) is 6.61 Å². The number of hydrogen-bond donors (Lipinski definition) is 2. The van der Waals surface area contributed by atoms with Crippen molar-refractivity contribution in [2.24, 2.45) is 0 Å². The number of benzene rings is 1. The molecular formula is C13H19NO2S. The minimum atomic E-state index is -0.149. The van der Waals surface area contributed by atoms with E-state index in [1.165, 1.54) is 4.90 Å². The van der Waals surface area contributed by atoms with Crippen molar-refractivity contribution < 1.29 is 9.90 Å². The third kappa shape index (κ3) is 6.34. The maximum absolute atomic E-state index is 11.4. The minimum Gasteiger partial charge on any atom is -0.394 e. The first-order valence-electron chi connectivity index (χ1n) is 5.80. The highest BCUT2D eigenvalue weighted by atomic mass is 32.2. The molecule has 0 heterocycles. The number of hydrogen-bond acceptors (Lipinski definition) is 3. The highest BCUT2D eigenvalue weighted by Gasteiger charge is 2.05. The van der Waals surface area contributed by atoms with Gasteiger partial charge in [-0.25, -0.2) is 0 Å². The van der Waals surface area contributed by atoms with Crippen molar-refractivity contribution >= 4 is 17.7 Å². The van der Waals surface area contributed by atoms with E-state index in [1.54, 1.807) is 18.7 Å². The second kappa shape index (κ2) is 8.14. The maximum Gasteiger partial charge on any atom is 0.220 e. The number of thioether (sulfide) groups is 1. The molecule has 0 aromatic heterocycles. The maximum atomic E-state index is 11.4. The topological polar surface area (TPSA) is 49.3 Å². The van der Waals surface area contributed by atoms with E-state index in [0.29, 0.717) is 6.42 Å². The fourth-order valence-corrected chi connectivity index (χ4v) is 2.21. The molecule has 0 aliphatic heterocycles. The Balaban J connectivity index is 2.10. The van der Waals surface area contributed by atoms with Crippen molar-refractivity contribution in [2.75, 3.05) is 12.4 Å². The van der Waals surface area contributed by atoms with Crippen LogP contribution in [0.4, 0.5) is 0 Å². The molecule has 0 aliphatic rings. The molecule has 1 aromatic rings. The lowest BCUT2D eigenvalue weighted by atomic mass is 10.3. The van der Waals surface area contributed by atoms with Crippen molar-refractivity contribution in [2.45, 2.75) is 30.7 Å². The number of carbonyl (C=O) groups is 1. The standard InChI is InChI=1S/C13H19NO2S/c1-11(10-15)14-13(16)8-5-9-17-12-6-3-2-4-7-12/h2-4,6-7,11,15H,5,8-10H2,1H3,(H,14,16)/t11-/m0/s1. The summed E-state index contributed by atoms with van der Waals surface area (Å²) in [4.78, 5) is 12.6. The predicted molar refractivity (Wildman–Crippen MR) is 71.1 cm³/mol. The van der Waals surface area contributed by atoms with Gasteiger partial charge in [0.2, 0.25) is 5.91 Å². The third-order valence-corrected chi connectivity index (χ3v) is 3.34. The average Bonchev–Trinajstić information content (AvgIpc) is 2.36. The third-order valence-electron chi connectivity index (χ3n) is 2.24. The Labute approximate surface area is 107 Å². The van der Waals surface area contributed by atoms with E-state index >= 15 is 0 Å². The molecule has 0 fully saturated rings. The lowest BCUT2D eigenvalue weighted by Gasteiger charge is -2.10. The predicted octanol–water partition coefficient (Wildman–Crippen LogP) is 2.06. The van der Waals surface area contributed by atoms with E-state index in [9.17, 15) is 4.79 Å². The Morgan fingerprint density at radius 3 is 2.76 bits per heavy atom. The summed E-state index contributed by atoms with van der Waals surface area (Å²) in [5, 5.41) is 11.5. The zero-order valence-corrected chi connectivity index (χ0v) is 10.9. The molecule has 0 unspecified atom stereocenters. The number of aliphatic hydroxyl groups is 1. The molecule has 2 N–H and O–H groups in total. The minimum absolute atomic E-state index is 0.00942. The zero-order chi connectivity index (χ0) is 12.5. The van der Waals surface area contributed by atoms with Gasteiger partial charge in [-0.2, -0.15) is 0 Å². The second-order valence-corrected chi connectivity index (χ2v) is 5.08. The lowest BCUT2D eigenvalue weighted by molar-refractivity contribution is -0.121. The van der Waals surface area contributed by atoms with Gasteiger partial charge in [0.15, 0.2) is 0 Å². The Hall–Kier alpha value is -1.00. The van der Waals surface area contributed by atoms with Crippen LogP contribution < -0.4 is 5.32 Å². The highest BCUT2D eigenvalue weighted by Crippen LogP contribution is 2.18. The molecule has 0 saturated carbocycles. The zero-order valence-electron chi connectivity index (χ0n) is 10.1. The van der Waals surface area contributed by atoms with E-state index in [0.717, 1.165) is 12.2 Å². The van der Waals surface area contributed by atoms with Crippen molar-refractivity contribution in [1.82, 2.24) is 5.32 Å². The summed E-state index contributed by atoms with van der Waals surface area (Å²) in [6.07, 6.45) is 1.37. The number of nitrogens with one attached hydrogen (secondary N) is 1. The monoisotopic (exact) mass is 253 g/mol. The first-order chi connectivity index (χ1) is 8.22. The Morgan fingerprint density at radius 2 is 2.12 bits per heavy atom. The summed E-state index contributed by atoms with van der Waals surface area (Å²) in [6, 6.07) is 10.0. The molecule has 3 nitrogen and oxygen atoms in total. The second-order valence-electron chi connectivity index (χ2n) is 3.92. The average molecular weight is 253 g/mol. The van der Waals surface area contributed by atoms with Gasteiger partial charge in [-0.15, -0.1) is 11.8 Å². The van der Waals surface area contributed by atoms with Gasteiger partial charge in [0, 0.05) is 17.4 Å². The molecular weight excluding hydrogens is 234 g/mol. The van der Waals surface area contributed by atoms with Crippen LogP contribution in [-0.2, 0) is 4.79 Å². The molecule has 0 saturated heterocycles. The van der Waals surface area contributed by atoms with Crippen LogP contribution in [0.3, 0.4) is 0 Å². The molecule has 0 aliphatic carbocycles. The molecule has 1 atom stereocenters. The Morgan fingerprint density at radius 1 is 1.41 bits per heavy atom. The van der Waals surface area contributed by atoms with Crippen molar-refractivity contribution in [3.63, 3.8) is 0 Å². The smallest absolute Gasteiger partial charge is 0.220 e. The van der Waals surface area contributed by atoms with Crippen LogP contribution in [0.2, 0.25) is 0 Å². The highest BCUT2D eigenvalue weighted by molar-refractivity contribution is 7.99. The van der Waals surface area contributed by atoms with Gasteiger partial charge in [0.1, 0.15) is 0 Å². The van der Waals surface area contributed by atoms with Crippen LogP contribution in [0.25, 0.3) is 0 Å². The van der Waals surface area contributed by atoms with Crippen LogP contribution in [0.1, 0.15) is 19.8 Å². The Bertz CT molecular complexity index is 329. The first kappa shape index (κ1) is 14.1. The van der Waals surface area contributed by atoms with E-state index < -0.39 is 0 Å². The number of rotatable bonds is 7. The quantitative estimate of drug-likeness (QED) is 0.577. The molecule has 94 valence electrons. The van der Waals surface area contributed by atoms with E-state index in [2.05, 4.69) is 17.4 Å². The van der Waals surface area contributed by atoms with Crippen molar-refractivity contribution in [3.05, 3.63) is 30.3 Å². The largest absolute Gasteiger partial charge is 0.394 e. The van der Waals surface area contributed by atoms with Gasteiger partial charge in [-0.3, -0.25) is 4.79 Å². The summed E-state index contributed by atoms with van der Waals surface area (Å²) in [6.45, 7) is 1.78. The van der Waals surface area contributed by atoms with Crippen molar-refractivity contribution in [3.8, 4) is 0 Å². The van der Waals surface area contributed by atoms with Crippen molar-refractivity contribution in [1.29, 1.82) is 0 Å². The van der Waals surface area contributed by atoms with Gasteiger partial charge >= 0.3 is 0 Å². The van der Waals surface area contributed by atoms with Gasteiger partial charge < -0.3 is 10.4 Å². The van der Waals surface area contributed by atoms with Gasteiger partial charge in [-0.1, -0.05) is 18.2 Å². The fraction of sp³-hybridized carbons (Fsp3) is 0.462. The van der Waals surface area contributed by atoms with E-state index in [4.69, 9.17) is 5.11 Å². The van der Waals surface area contributed by atoms with Crippen LogP contribution in [0, 0.1) is 0 Å². The number of amides is 1. The van der Waals surface area contributed by atoms with Gasteiger partial charge in [-0.05, 0) is 31.2 Å². The van der Waals surface area contributed by atoms with Crippen LogP contribution in [0.15, 0.2) is 35.2 Å². The summed E-state index contributed by atoms with van der Waals surface area (Å²) in [5.74, 6) is 0.950. The summed E-state index contributed by atoms with van der Waals surface area (Å²) < 4.78 is 0. The molecule has 1 aromatic carbocycles. The number of carbonyl (C=O) groups excluding carboxylic acids is 1.